The van der Waals surface area contributed by atoms with Crippen molar-refractivity contribution in [2.24, 2.45) is 5.92 Å². The summed E-state index contributed by atoms with van der Waals surface area (Å²) in [5.41, 5.74) is 2.22. The molecule has 1 aromatic carbocycles. The fourth-order valence-corrected chi connectivity index (χ4v) is 7.14. The first kappa shape index (κ1) is 20.1. The summed E-state index contributed by atoms with van der Waals surface area (Å²) in [6.07, 6.45) is 3.96. The summed E-state index contributed by atoms with van der Waals surface area (Å²) in [5, 5.41) is 0. The van der Waals surface area contributed by atoms with Gasteiger partial charge in [0.1, 0.15) is 5.75 Å². The van der Waals surface area contributed by atoms with Gasteiger partial charge in [0.15, 0.2) is 0 Å². The minimum absolute atomic E-state index is 0.0721. The Balaban J connectivity index is 1.62. The third kappa shape index (κ3) is 3.82. The van der Waals surface area contributed by atoms with Crippen LogP contribution in [0.3, 0.4) is 0 Å². The Bertz CT molecular complexity index is 834. The van der Waals surface area contributed by atoms with Gasteiger partial charge in [-0.05, 0) is 75.6 Å². The fraction of sp³-hybridized carbons (Fsp3) is 0.714. The van der Waals surface area contributed by atoms with E-state index >= 15 is 0 Å². The molecule has 0 aromatic heterocycles. The van der Waals surface area contributed by atoms with Crippen molar-refractivity contribution in [2.75, 3.05) is 26.7 Å². The summed E-state index contributed by atoms with van der Waals surface area (Å²) in [5.74, 6) is 1.32. The van der Waals surface area contributed by atoms with Crippen LogP contribution in [0.5, 0.6) is 5.75 Å². The van der Waals surface area contributed by atoms with Crippen LogP contribution in [0.15, 0.2) is 18.2 Å². The Morgan fingerprint density at radius 1 is 1.21 bits per heavy atom. The molecule has 6 nitrogen and oxygen atoms in total. The van der Waals surface area contributed by atoms with Gasteiger partial charge in [-0.15, -0.1) is 0 Å². The Morgan fingerprint density at radius 2 is 2.00 bits per heavy atom. The third-order valence-corrected chi connectivity index (χ3v) is 8.30. The maximum Gasteiger partial charge on any atom is 0.280 e. The van der Waals surface area contributed by atoms with Crippen molar-refractivity contribution in [3.63, 3.8) is 0 Å². The summed E-state index contributed by atoms with van der Waals surface area (Å²) in [7, 11) is -1.79. The van der Waals surface area contributed by atoms with E-state index in [9.17, 15) is 8.42 Å². The minimum Gasteiger partial charge on any atom is -0.497 e. The molecule has 3 aliphatic heterocycles. The van der Waals surface area contributed by atoms with E-state index in [-0.39, 0.29) is 6.04 Å². The lowest BCUT2D eigenvalue weighted by atomic mass is 9.77. The van der Waals surface area contributed by atoms with Crippen LogP contribution in [0.2, 0.25) is 0 Å². The molecular weight excluding hydrogens is 374 g/mol. The largest absolute Gasteiger partial charge is 0.497 e. The van der Waals surface area contributed by atoms with E-state index in [0.29, 0.717) is 18.5 Å². The molecular formula is C21H33N3O3S. The van der Waals surface area contributed by atoms with Gasteiger partial charge in [0.05, 0.1) is 7.11 Å². The lowest BCUT2D eigenvalue weighted by Gasteiger charge is -2.52. The summed E-state index contributed by atoms with van der Waals surface area (Å²) < 4.78 is 36.3. The molecule has 2 fully saturated rings. The number of nitrogens with zero attached hydrogens (tertiary/aromatic N) is 2. The fourth-order valence-electron chi connectivity index (χ4n) is 5.26. The number of benzene rings is 1. The maximum absolute atomic E-state index is 13.1. The molecule has 1 N–H and O–H groups in total. The smallest absolute Gasteiger partial charge is 0.280 e. The molecule has 28 heavy (non-hydrogen) atoms. The molecule has 0 bridgehead atoms. The molecule has 1 aromatic rings. The normalized spacial score (nSPS) is 28.9. The van der Waals surface area contributed by atoms with E-state index < -0.39 is 15.7 Å². The molecule has 4 rings (SSSR count). The lowest BCUT2D eigenvalue weighted by molar-refractivity contribution is 0.0212. The average Bonchev–Trinajstić information content (AvgIpc) is 2.63. The van der Waals surface area contributed by atoms with Crippen molar-refractivity contribution in [1.82, 2.24) is 13.9 Å². The van der Waals surface area contributed by atoms with E-state index in [4.69, 9.17) is 4.74 Å². The van der Waals surface area contributed by atoms with Crippen molar-refractivity contribution in [3.05, 3.63) is 29.3 Å². The van der Waals surface area contributed by atoms with Crippen molar-refractivity contribution in [3.8, 4) is 5.75 Å². The van der Waals surface area contributed by atoms with Gasteiger partial charge in [0.25, 0.3) is 10.2 Å². The van der Waals surface area contributed by atoms with Crippen LogP contribution in [0, 0.1) is 5.92 Å². The molecule has 0 radical (unpaired) electrons. The van der Waals surface area contributed by atoms with Crippen LogP contribution >= 0.6 is 0 Å². The molecule has 0 amide bonds. The second-order valence-corrected chi connectivity index (χ2v) is 11.1. The minimum atomic E-state index is -3.49. The summed E-state index contributed by atoms with van der Waals surface area (Å²) in [4.78, 5) is 2.57. The highest BCUT2D eigenvalue weighted by atomic mass is 32.2. The number of nitrogens with one attached hydrogen (secondary N) is 1. The van der Waals surface area contributed by atoms with Gasteiger partial charge in [0, 0.05) is 37.3 Å². The van der Waals surface area contributed by atoms with Gasteiger partial charge in [-0.3, -0.25) is 4.90 Å². The molecule has 3 heterocycles. The van der Waals surface area contributed by atoms with E-state index in [0.717, 1.165) is 44.5 Å². The molecule has 2 saturated heterocycles. The molecule has 0 saturated carbocycles. The van der Waals surface area contributed by atoms with Gasteiger partial charge in [-0.1, -0.05) is 6.07 Å². The number of hydrogen-bond acceptors (Lipinski definition) is 4. The molecule has 156 valence electrons. The Kier molecular flexibility index (Phi) is 5.23. The zero-order valence-corrected chi connectivity index (χ0v) is 18.3. The van der Waals surface area contributed by atoms with Crippen LogP contribution in [-0.2, 0) is 16.6 Å². The van der Waals surface area contributed by atoms with E-state index in [1.165, 1.54) is 11.1 Å². The molecule has 0 unspecified atom stereocenters. The van der Waals surface area contributed by atoms with Crippen LogP contribution in [0.4, 0.5) is 0 Å². The van der Waals surface area contributed by atoms with Crippen molar-refractivity contribution < 1.29 is 13.2 Å². The summed E-state index contributed by atoms with van der Waals surface area (Å²) >= 11 is 0. The average molecular weight is 408 g/mol. The van der Waals surface area contributed by atoms with E-state index in [2.05, 4.69) is 21.8 Å². The molecule has 0 aliphatic carbocycles. The number of ether oxygens (including phenoxy) is 1. The number of fused-ring (bicyclic) bond motifs is 4. The zero-order valence-electron chi connectivity index (χ0n) is 17.4. The quantitative estimate of drug-likeness (QED) is 0.837. The molecule has 3 atom stereocenters. The Hall–Kier alpha value is -1.15. The molecule has 7 heteroatoms. The van der Waals surface area contributed by atoms with Gasteiger partial charge in [-0.2, -0.15) is 17.4 Å². The Labute approximate surface area is 169 Å². The number of hydrogen-bond donors (Lipinski definition) is 1. The van der Waals surface area contributed by atoms with Crippen molar-refractivity contribution in [2.45, 2.75) is 64.1 Å². The van der Waals surface area contributed by atoms with Crippen molar-refractivity contribution in [1.29, 1.82) is 0 Å². The number of methoxy groups -OCH3 is 1. The standard InChI is InChI=1S/C21H33N3O3S/c1-21(2,3)22-28(25,26)24-10-5-6-16-14-23-11-9-15-12-17(27-4)7-8-18(15)20(23)13-19(16)24/h7-8,12,16,19-20,22H,5-6,9-11,13-14H2,1-4H3/t16-,19+,20+/m1/s1. The van der Waals surface area contributed by atoms with Crippen LogP contribution in [-0.4, -0.2) is 55.9 Å². The first-order chi connectivity index (χ1) is 13.2. The highest BCUT2D eigenvalue weighted by Gasteiger charge is 2.46. The topological polar surface area (TPSA) is 61.9 Å². The SMILES string of the molecule is COc1ccc2c(c1)CCN1C[C@H]3CCCN(S(=O)(=O)NC(C)(C)C)[C@H]3C[C@@H]21. The number of rotatable bonds is 3. The van der Waals surface area contributed by atoms with Crippen LogP contribution in [0.25, 0.3) is 0 Å². The second-order valence-electron chi connectivity index (χ2n) is 9.50. The highest BCUT2D eigenvalue weighted by molar-refractivity contribution is 7.87. The lowest BCUT2D eigenvalue weighted by Crippen LogP contribution is -2.60. The molecule has 3 aliphatic rings. The van der Waals surface area contributed by atoms with E-state index in [1.54, 1.807) is 11.4 Å². The van der Waals surface area contributed by atoms with Gasteiger partial charge < -0.3 is 4.74 Å². The predicted molar refractivity (Wildman–Crippen MR) is 111 cm³/mol. The van der Waals surface area contributed by atoms with E-state index in [1.807, 2.05) is 26.8 Å². The monoisotopic (exact) mass is 407 g/mol. The predicted octanol–water partition coefficient (Wildman–Crippen LogP) is 2.71. The maximum atomic E-state index is 13.1. The second kappa shape index (κ2) is 7.27. The number of piperidine rings is 2. The van der Waals surface area contributed by atoms with Gasteiger partial charge in [-0.25, -0.2) is 0 Å². The van der Waals surface area contributed by atoms with Crippen molar-refractivity contribution >= 4 is 10.2 Å². The Morgan fingerprint density at radius 3 is 2.71 bits per heavy atom. The van der Waals surface area contributed by atoms with Gasteiger partial charge in [0.2, 0.25) is 0 Å². The zero-order chi connectivity index (χ0) is 20.1. The molecule has 0 spiro atoms. The summed E-state index contributed by atoms with van der Waals surface area (Å²) in [6, 6.07) is 6.73. The van der Waals surface area contributed by atoms with Crippen LogP contribution in [0.1, 0.15) is 57.2 Å². The summed E-state index contributed by atoms with van der Waals surface area (Å²) in [6.45, 7) is 8.36. The van der Waals surface area contributed by atoms with Gasteiger partial charge >= 0.3 is 0 Å². The third-order valence-electron chi connectivity index (χ3n) is 6.36. The highest BCUT2D eigenvalue weighted by Crippen LogP contribution is 2.44. The first-order valence-electron chi connectivity index (χ1n) is 10.4. The first-order valence-corrected chi connectivity index (χ1v) is 11.8. The van der Waals surface area contributed by atoms with Crippen LogP contribution < -0.4 is 9.46 Å².